The molecule has 1 aromatic rings. The van der Waals surface area contributed by atoms with Crippen LogP contribution in [0, 0.1) is 0 Å². The number of amides is 2. The van der Waals surface area contributed by atoms with Crippen molar-refractivity contribution in [3.05, 3.63) is 29.3 Å². The van der Waals surface area contributed by atoms with Crippen molar-refractivity contribution in [3.8, 4) is 0 Å². The van der Waals surface area contributed by atoms with Crippen LogP contribution >= 0.6 is 23.4 Å². The van der Waals surface area contributed by atoms with Crippen LogP contribution in [0.1, 0.15) is 20.8 Å². The van der Waals surface area contributed by atoms with Crippen LogP contribution in [0.2, 0.25) is 5.02 Å². The molecule has 1 aromatic carbocycles. The normalized spacial score (nSPS) is 11.8. The average Bonchev–Trinajstić information content (AvgIpc) is 2.46. The monoisotopic (exact) mass is 328 g/mol. The zero-order valence-electron chi connectivity index (χ0n) is 12.6. The second-order valence-electron chi connectivity index (χ2n) is 4.52. The Labute approximate surface area is 135 Å². The van der Waals surface area contributed by atoms with Crippen LogP contribution in [0.4, 0.5) is 0 Å². The first-order chi connectivity index (χ1) is 9.97. The SMILES string of the molecule is CCNC(=O)CN(CC)C(=O)C(C)Sc1ccc(Cl)cc1. The maximum Gasteiger partial charge on any atom is 0.239 e. The zero-order valence-corrected chi connectivity index (χ0v) is 14.1. The molecule has 4 nitrogen and oxygen atoms in total. The summed E-state index contributed by atoms with van der Waals surface area (Å²) in [7, 11) is 0. The van der Waals surface area contributed by atoms with E-state index in [2.05, 4.69) is 5.32 Å². The maximum absolute atomic E-state index is 12.4. The fourth-order valence-corrected chi connectivity index (χ4v) is 2.87. The van der Waals surface area contributed by atoms with Crippen LogP contribution in [0.25, 0.3) is 0 Å². The van der Waals surface area contributed by atoms with Gasteiger partial charge in [-0.05, 0) is 45.0 Å². The van der Waals surface area contributed by atoms with E-state index in [4.69, 9.17) is 11.6 Å². The van der Waals surface area contributed by atoms with Gasteiger partial charge in [-0.25, -0.2) is 0 Å². The van der Waals surface area contributed by atoms with Crippen LogP contribution in [0.15, 0.2) is 29.2 Å². The summed E-state index contributed by atoms with van der Waals surface area (Å²) in [4.78, 5) is 26.5. The number of thioether (sulfide) groups is 1. The van der Waals surface area contributed by atoms with E-state index in [1.165, 1.54) is 11.8 Å². The van der Waals surface area contributed by atoms with Crippen molar-refractivity contribution in [2.75, 3.05) is 19.6 Å². The van der Waals surface area contributed by atoms with Crippen molar-refractivity contribution in [1.29, 1.82) is 0 Å². The van der Waals surface area contributed by atoms with E-state index in [9.17, 15) is 9.59 Å². The lowest BCUT2D eigenvalue weighted by atomic mass is 10.3. The molecule has 0 bridgehead atoms. The highest BCUT2D eigenvalue weighted by atomic mass is 35.5. The van der Waals surface area contributed by atoms with Crippen LogP contribution in [0.3, 0.4) is 0 Å². The summed E-state index contributed by atoms with van der Waals surface area (Å²) in [5, 5.41) is 3.13. The molecule has 0 fully saturated rings. The molecule has 2 amide bonds. The summed E-state index contributed by atoms with van der Waals surface area (Å²) in [5.74, 6) is -0.167. The zero-order chi connectivity index (χ0) is 15.8. The lowest BCUT2D eigenvalue weighted by molar-refractivity contribution is -0.135. The number of rotatable bonds is 7. The van der Waals surface area contributed by atoms with Crippen LogP contribution < -0.4 is 5.32 Å². The highest BCUT2D eigenvalue weighted by Gasteiger charge is 2.22. The maximum atomic E-state index is 12.4. The molecule has 0 aliphatic heterocycles. The summed E-state index contributed by atoms with van der Waals surface area (Å²) < 4.78 is 0. The lowest BCUT2D eigenvalue weighted by Crippen LogP contribution is -2.43. The first kappa shape index (κ1) is 17.9. The number of benzene rings is 1. The molecule has 6 heteroatoms. The summed E-state index contributed by atoms with van der Waals surface area (Å²) in [6, 6.07) is 7.37. The molecule has 21 heavy (non-hydrogen) atoms. The highest BCUT2D eigenvalue weighted by molar-refractivity contribution is 8.00. The minimum Gasteiger partial charge on any atom is -0.355 e. The van der Waals surface area contributed by atoms with Gasteiger partial charge in [0, 0.05) is 23.0 Å². The number of hydrogen-bond donors (Lipinski definition) is 1. The first-order valence-corrected chi connectivity index (χ1v) is 8.21. The van der Waals surface area contributed by atoms with Crippen molar-refractivity contribution < 1.29 is 9.59 Å². The lowest BCUT2D eigenvalue weighted by Gasteiger charge is -2.23. The molecule has 0 aromatic heterocycles. The van der Waals surface area contributed by atoms with E-state index < -0.39 is 0 Å². The van der Waals surface area contributed by atoms with E-state index in [0.29, 0.717) is 18.1 Å². The van der Waals surface area contributed by atoms with Crippen LogP contribution in [-0.4, -0.2) is 41.6 Å². The van der Waals surface area contributed by atoms with E-state index in [1.807, 2.05) is 32.9 Å². The van der Waals surface area contributed by atoms with E-state index >= 15 is 0 Å². The highest BCUT2D eigenvalue weighted by Crippen LogP contribution is 2.25. The van der Waals surface area contributed by atoms with Crippen molar-refractivity contribution in [2.45, 2.75) is 30.9 Å². The summed E-state index contributed by atoms with van der Waals surface area (Å²) >= 11 is 7.30. The Morgan fingerprint density at radius 2 is 1.90 bits per heavy atom. The first-order valence-electron chi connectivity index (χ1n) is 6.95. The Morgan fingerprint density at radius 3 is 2.43 bits per heavy atom. The smallest absolute Gasteiger partial charge is 0.239 e. The van der Waals surface area contributed by atoms with E-state index in [0.717, 1.165) is 4.90 Å². The minimum atomic E-state index is -0.249. The van der Waals surface area contributed by atoms with Gasteiger partial charge in [0.1, 0.15) is 0 Å². The third-order valence-electron chi connectivity index (χ3n) is 2.88. The Balaban J connectivity index is 2.62. The van der Waals surface area contributed by atoms with Gasteiger partial charge in [-0.15, -0.1) is 11.8 Å². The molecule has 1 N–H and O–H groups in total. The van der Waals surface area contributed by atoms with E-state index in [-0.39, 0.29) is 23.6 Å². The second-order valence-corrected chi connectivity index (χ2v) is 6.37. The quantitative estimate of drug-likeness (QED) is 0.783. The number of hydrogen-bond acceptors (Lipinski definition) is 3. The van der Waals surface area contributed by atoms with Crippen LogP contribution in [0.5, 0.6) is 0 Å². The van der Waals surface area contributed by atoms with Gasteiger partial charge >= 0.3 is 0 Å². The fourth-order valence-electron chi connectivity index (χ4n) is 1.80. The van der Waals surface area contributed by atoms with Crippen molar-refractivity contribution in [1.82, 2.24) is 10.2 Å². The van der Waals surface area contributed by atoms with E-state index in [1.54, 1.807) is 17.0 Å². The Hall–Kier alpha value is -1.20. The Morgan fingerprint density at radius 1 is 1.29 bits per heavy atom. The van der Waals surface area contributed by atoms with Crippen molar-refractivity contribution in [3.63, 3.8) is 0 Å². The number of nitrogens with one attached hydrogen (secondary N) is 1. The summed E-state index contributed by atoms with van der Waals surface area (Å²) in [6.07, 6.45) is 0. The molecule has 1 unspecified atom stereocenters. The standard InChI is InChI=1S/C15H21ClN2O2S/c1-4-17-14(19)10-18(5-2)15(20)11(3)21-13-8-6-12(16)7-9-13/h6-9,11H,4-5,10H2,1-3H3,(H,17,19). The molecule has 0 radical (unpaired) electrons. The molecule has 0 heterocycles. The third kappa shape index (κ3) is 5.98. The third-order valence-corrected chi connectivity index (χ3v) is 4.23. The fraction of sp³-hybridized carbons (Fsp3) is 0.467. The molecule has 0 spiro atoms. The molecule has 1 rings (SSSR count). The molecule has 0 saturated heterocycles. The molecular weight excluding hydrogens is 308 g/mol. The molecular formula is C15H21ClN2O2S. The van der Waals surface area contributed by atoms with Gasteiger partial charge in [0.15, 0.2) is 0 Å². The largest absolute Gasteiger partial charge is 0.355 e. The number of halogens is 1. The minimum absolute atomic E-state index is 0.0382. The topological polar surface area (TPSA) is 49.4 Å². The Kier molecular flexibility index (Phi) is 7.61. The summed E-state index contributed by atoms with van der Waals surface area (Å²) in [6.45, 7) is 6.77. The number of nitrogens with zero attached hydrogens (tertiary/aromatic N) is 1. The van der Waals surface area contributed by atoms with Gasteiger partial charge in [0.2, 0.25) is 11.8 Å². The van der Waals surface area contributed by atoms with Gasteiger partial charge in [-0.1, -0.05) is 11.6 Å². The molecule has 0 aliphatic carbocycles. The van der Waals surface area contributed by atoms with Gasteiger partial charge in [0.25, 0.3) is 0 Å². The molecule has 116 valence electrons. The predicted molar refractivity (Wildman–Crippen MR) is 87.7 cm³/mol. The van der Waals surface area contributed by atoms with Gasteiger partial charge < -0.3 is 10.2 Å². The van der Waals surface area contributed by atoms with Crippen LogP contribution in [-0.2, 0) is 9.59 Å². The number of carbonyl (C=O) groups is 2. The van der Waals surface area contributed by atoms with Gasteiger partial charge in [-0.2, -0.15) is 0 Å². The van der Waals surface area contributed by atoms with Crippen molar-refractivity contribution in [2.24, 2.45) is 0 Å². The molecule has 0 saturated carbocycles. The second kappa shape index (κ2) is 8.95. The molecule has 1 atom stereocenters. The summed E-state index contributed by atoms with van der Waals surface area (Å²) in [5.41, 5.74) is 0. The molecule has 0 aliphatic rings. The van der Waals surface area contributed by atoms with Gasteiger partial charge in [-0.3, -0.25) is 9.59 Å². The van der Waals surface area contributed by atoms with Gasteiger partial charge in [0.05, 0.1) is 11.8 Å². The number of likely N-dealkylation sites (N-methyl/N-ethyl adjacent to an activating group) is 2. The predicted octanol–water partition coefficient (Wildman–Crippen LogP) is 2.81. The van der Waals surface area contributed by atoms with Crippen molar-refractivity contribution >= 4 is 35.2 Å². The number of carbonyl (C=O) groups excluding carboxylic acids is 2. The average molecular weight is 329 g/mol. The Bertz CT molecular complexity index is 479.